The van der Waals surface area contributed by atoms with Crippen molar-refractivity contribution in [2.45, 2.75) is 71.1 Å². The predicted octanol–water partition coefficient (Wildman–Crippen LogP) is 1.90. The zero-order valence-electron chi connectivity index (χ0n) is 26.5. The topological polar surface area (TPSA) is 147 Å². The molecule has 1 fully saturated rings. The number of hydrogen-bond donors (Lipinski definition) is 4. The SMILES string of the molecule is COc1cc(CN2CCCNC(=O)[C@@H](C(C)C)NC(=O)[C@@H](C)NC(=O)[C@H](Cc3ccccc3)NC(=O)CCC2)cc2c1OCO2. The van der Waals surface area contributed by atoms with Crippen LogP contribution in [0.5, 0.6) is 17.2 Å². The van der Waals surface area contributed by atoms with Gasteiger partial charge in [0.15, 0.2) is 11.5 Å². The molecule has 0 saturated carbocycles. The summed E-state index contributed by atoms with van der Waals surface area (Å²) >= 11 is 0. The number of carbonyl (C=O) groups excluding carboxylic acids is 4. The first-order valence-electron chi connectivity index (χ1n) is 15.5. The lowest BCUT2D eigenvalue weighted by Crippen LogP contribution is -2.57. The van der Waals surface area contributed by atoms with Crippen molar-refractivity contribution in [3.8, 4) is 17.2 Å². The Morgan fingerprint density at radius 2 is 1.67 bits per heavy atom. The first-order valence-corrected chi connectivity index (χ1v) is 15.5. The molecular formula is C33H45N5O7. The fourth-order valence-corrected chi connectivity index (χ4v) is 5.41. The number of amides is 4. The summed E-state index contributed by atoms with van der Waals surface area (Å²) in [6, 6.07) is 10.7. The number of carbonyl (C=O) groups is 4. The minimum absolute atomic E-state index is 0.133. The van der Waals surface area contributed by atoms with Crippen LogP contribution in [0.1, 0.15) is 51.2 Å². The minimum Gasteiger partial charge on any atom is -0.493 e. The normalized spacial score (nSPS) is 22.5. The Bertz CT molecular complexity index is 1340. The highest BCUT2D eigenvalue weighted by atomic mass is 16.7. The molecule has 244 valence electrons. The van der Waals surface area contributed by atoms with Crippen LogP contribution in [-0.4, -0.2) is 80.2 Å². The lowest BCUT2D eigenvalue weighted by atomic mass is 10.0. The van der Waals surface area contributed by atoms with Crippen LogP contribution in [0.3, 0.4) is 0 Å². The molecular weight excluding hydrogens is 578 g/mol. The molecule has 2 heterocycles. The number of methoxy groups -OCH3 is 1. The summed E-state index contributed by atoms with van der Waals surface area (Å²) in [6.07, 6.45) is 1.68. The van der Waals surface area contributed by atoms with Crippen molar-refractivity contribution < 1.29 is 33.4 Å². The van der Waals surface area contributed by atoms with E-state index in [2.05, 4.69) is 26.2 Å². The molecule has 0 aromatic heterocycles. The maximum atomic E-state index is 13.4. The first kappa shape index (κ1) is 33.6. The van der Waals surface area contributed by atoms with Crippen LogP contribution in [0.25, 0.3) is 0 Å². The van der Waals surface area contributed by atoms with Crippen LogP contribution in [0, 0.1) is 5.92 Å². The van der Waals surface area contributed by atoms with Gasteiger partial charge >= 0.3 is 0 Å². The lowest BCUT2D eigenvalue weighted by molar-refractivity contribution is -0.134. The standard InChI is InChI=1S/C33H45N5O7/c1-21(2)29-33(42)34-13-9-15-38(19-24-17-26(43-4)30-27(18-24)44-20-45-30)14-8-12-28(39)36-25(16-23-10-6-5-7-11-23)32(41)35-22(3)31(40)37-29/h5-7,10-11,17-18,21-22,25,29H,8-9,12-16,19-20H2,1-4H3,(H,34,42)(H,35,41)(H,36,39)(H,37,40)/t22-,25+,29-/m1/s1. The molecule has 12 heteroatoms. The van der Waals surface area contributed by atoms with Crippen molar-refractivity contribution in [1.29, 1.82) is 0 Å². The summed E-state index contributed by atoms with van der Waals surface area (Å²) in [7, 11) is 1.58. The van der Waals surface area contributed by atoms with E-state index < -0.39 is 29.9 Å². The quantitative estimate of drug-likeness (QED) is 0.382. The minimum atomic E-state index is -0.913. The molecule has 2 aromatic carbocycles. The van der Waals surface area contributed by atoms with E-state index >= 15 is 0 Å². The monoisotopic (exact) mass is 623 g/mol. The molecule has 4 amide bonds. The van der Waals surface area contributed by atoms with Crippen molar-refractivity contribution in [3.05, 3.63) is 53.6 Å². The Morgan fingerprint density at radius 1 is 0.911 bits per heavy atom. The predicted molar refractivity (Wildman–Crippen MR) is 168 cm³/mol. The summed E-state index contributed by atoms with van der Waals surface area (Å²) < 4.78 is 16.6. The van der Waals surface area contributed by atoms with Gasteiger partial charge in [-0.25, -0.2) is 0 Å². The second-order valence-electron chi connectivity index (χ2n) is 11.8. The second kappa shape index (κ2) is 16.1. The van der Waals surface area contributed by atoms with Gasteiger partial charge in [0.2, 0.25) is 36.2 Å². The molecule has 45 heavy (non-hydrogen) atoms. The van der Waals surface area contributed by atoms with Gasteiger partial charge in [0, 0.05) is 32.5 Å². The molecule has 0 unspecified atom stereocenters. The highest BCUT2D eigenvalue weighted by Crippen LogP contribution is 2.42. The summed E-state index contributed by atoms with van der Waals surface area (Å²) in [5.41, 5.74) is 1.84. The van der Waals surface area contributed by atoms with Gasteiger partial charge in [-0.2, -0.15) is 0 Å². The number of benzene rings is 2. The van der Waals surface area contributed by atoms with E-state index in [1.807, 2.05) is 56.3 Å². The van der Waals surface area contributed by atoms with Crippen LogP contribution in [0.15, 0.2) is 42.5 Å². The number of hydrogen-bond acceptors (Lipinski definition) is 8. The van der Waals surface area contributed by atoms with E-state index in [1.54, 1.807) is 14.0 Å². The van der Waals surface area contributed by atoms with Gasteiger partial charge in [-0.3, -0.25) is 24.1 Å². The third-order valence-electron chi connectivity index (χ3n) is 7.89. The average molecular weight is 624 g/mol. The lowest BCUT2D eigenvalue weighted by Gasteiger charge is -2.26. The smallest absolute Gasteiger partial charge is 0.243 e. The molecule has 12 nitrogen and oxygen atoms in total. The molecule has 0 radical (unpaired) electrons. The van der Waals surface area contributed by atoms with Crippen LogP contribution in [0.4, 0.5) is 0 Å². The van der Waals surface area contributed by atoms with E-state index in [4.69, 9.17) is 14.2 Å². The number of ether oxygens (including phenoxy) is 3. The van der Waals surface area contributed by atoms with Crippen molar-refractivity contribution in [1.82, 2.24) is 26.2 Å². The van der Waals surface area contributed by atoms with Gasteiger partial charge in [-0.1, -0.05) is 44.2 Å². The van der Waals surface area contributed by atoms with Crippen molar-refractivity contribution in [2.24, 2.45) is 5.92 Å². The van der Waals surface area contributed by atoms with Crippen molar-refractivity contribution in [2.75, 3.05) is 33.5 Å². The van der Waals surface area contributed by atoms with E-state index in [0.29, 0.717) is 56.3 Å². The maximum absolute atomic E-state index is 13.4. The van der Waals surface area contributed by atoms with Gasteiger partial charge in [0.1, 0.15) is 18.1 Å². The van der Waals surface area contributed by atoms with Crippen molar-refractivity contribution in [3.63, 3.8) is 0 Å². The van der Waals surface area contributed by atoms with Gasteiger partial charge in [0.05, 0.1) is 7.11 Å². The Kier molecular flexibility index (Phi) is 12.0. The highest BCUT2D eigenvalue weighted by Gasteiger charge is 2.29. The van der Waals surface area contributed by atoms with E-state index in [9.17, 15) is 19.2 Å². The van der Waals surface area contributed by atoms with Gasteiger partial charge in [-0.15, -0.1) is 0 Å². The van der Waals surface area contributed by atoms with E-state index in [-0.39, 0.29) is 37.4 Å². The van der Waals surface area contributed by atoms with Gasteiger partial charge in [0.25, 0.3) is 0 Å². The zero-order valence-corrected chi connectivity index (χ0v) is 26.5. The average Bonchev–Trinajstić information content (AvgIpc) is 3.49. The number of fused-ring (bicyclic) bond motifs is 1. The molecule has 0 bridgehead atoms. The Labute approximate surface area is 264 Å². The Hall–Kier alpha value is -4.32. The summed E-state index contributed by atoms with van der Waals surface area (Å²) in [5.74, 6) is 0.137. The van der Waals surface area contributed by atoms with Crippen LogP contribution in [-0.2, 0) is 32.1 Å². The highest BCUT2D eigenvalue weighted by molar-refractivity contribution is 5.94. The Morgan fingerprint density at radius 3 is 2.40 bits per heavy atom. The molecule has 1 saturated heterocycles. The zero-order chi connectivity index (χ0) is 32.3. The fourth-order valence-electron chi connectivity index (χ4n) is 5.41. The van der Waals surface area contributed by atoms with Gasteiger partial charge < -0.3 is 35.5 Å². The third kappa shape index (κ3) is 9.58. The molecule has 2 aliphatic heterocycles. The summed E-state index contributed by atoms with van der Waals surface area (Å²) in [4.78, 5) is 54.8. The molecule has 4 N–H and O–H groups in total. The van der Waals surface area contributed by atoms with Crippen molar-refractivity contribution >= 4 is 23.6 Å². The van der Waals surface area contributed by atoms with E-state index in [1.165, 1.54) is 0 Å². The molecule has 4 rings (SSSR count). The largest absolute Gasteiger partial charge is 0.493 e. The number of nitrogens with one attached hydrogen (secondary N) is 4. The molecule has 3 atom stereocenters. The number of nitrogens with zero attached hydrogens (tertiary/aromatic N) is 1. The summed E-state index contributed by atoms with van der Waals surface area (Å²) in [6.45, 7) is 7.62. The molecule has 2 aromatic rings. The second-order valence-corrected chi connectivity index (χ2v) is 11.8. The summed E-state index contributed by atoms with van der Waals surface area (Å²) in [5, 5.41) is 11.4. The first-order chi connectivity index (χ1) is 21.6. The third-order valence-corrected chi connectivity index (χ3v) is 7.89. The van der Waals surface area contributed by atoms with Gasteiger partial charge in [-0.05, 0) is 55.5 Å². The van der Waals surface area contributed by atoms with Crippen LogP contribution < -0.4 is 35.5 Å². The number of rotatable bonds is 6. The van der Waals surface area contributed by atoms with Crippen LogP contribution >= 0.6 is 0 Å². The fraction of sp³-hybridized carbons (Fsp3) is 0.515. The molecule has 0 aliphatic carbocycles. The van der Waals surface area contributed by atoms with Crippen LogP contribution in [0.2, 0.25) is 0 Å². The molecule has 0 spiro atoms. The Balaban J connectivity index is 1.52. The van der Waals surface area contributed by atoms with E-state index in [0.717, 1.165) is 11.1 Å². The maximum Gasteiger partial charge on any atom is 0.243 e. The molecule has 2 aliphatic rings.